The molecule has 1 aromatic carbocycles. The minimum Gasteiger partial charge on any atom is -0.320 e. The highest BCUT2D eigenvalue weighted by atomic mass is 79.9. The number of amides is 1. The molecule has 0 fully saturated rings. The van der Waals surface area contributed by atoms with Gasteiger partial charge in [0.15, 0.2) is 0 Å². The predicted octanol–water partition coefficient (Wildman–Crippen LogP) is 4.42. The number of benzene rings is 1. The van der Waals surface area contributed by atoms with E-state index in [0.717, 1.165) is 26.6 Å². The summed E-state index contributed by atoms with van der Waals surface area (Å²) in [7, 11) is 0. The summed E-state index contributed by atoms with van der Waals surface area (Å²) in [5.74, 6) is -0.204. The lowest BCUT2D eigenvalue weighted by molar-refractivity contribution is 0.102. The molecule has 0 atom stereocenters. The molecule has 2 rings (SSSR count). The third-order valence-corrected chi connectivity index (χ3v) is 3.62. The van der Waals surface area contributed by atoms with Crippen molar-refractivity contribution in [1.29, 1.82) is 0 Å². The van der Waals surface area contributed by atoms with Gasteiger partial charge in [-0.15, -0.1) is 0 Å². The van der Waals surface area contributed by atoms with Crippen molar-refractivity contribution < 1.29 is 4.79 Å². The number of anilines is 1. The summed E-state index contributed by atoms with van der Waals surface area (Å²) in [6.07, 6.45) is 2.46. The quantitative estimate of drug-likeness (QED) is 0.852. The van der Waals surface area contributed by atoms with Crippen LogP contribution in [0, 0.1) is 0 Å². The SMILES string of the molecule is CCc1cc(Br)ccc1NC(=O)c1ccc(Br)cn1. The Morgan fingerprint density at radius 1 is 1.21 bits per heavy atom. The lowest BCUT2D eigenvalue weighted by Gasteiger charge is -2.10. The fourth-order valence-corrected chi connectivity index (χ4v) is 2.32. The van der Waals surface area contributed by atoms with Crippen LogP contribution in [0.2, 0.25) is 0 Å². The summed E-state index contributed by atoms with van der Waals surface area (Å²) >= 11 is 6.72. The fourth-order valence-electron chi connectivity index (χ4n) is 1.67. The maximum Gasteiger partial charge on any atom is 0.274 e. The Hall–Kier alpha value is -1.20. The van der Waals surface area contributed by atoms with Crippen LogP contribution in [0.3, 0.4) is 0 Å². The van der Waals surface area contributed by atoms with E-state index in [1.165, 1.54) is 0 Å². The zero-order valence-corrected chi connectivity index (χ0v) is 13.5. The average molecular weight is 384 g/mol. The number of rotatable bonds is 3. The van der Waals surface area contributed by atoms with Gasteiger partial charge in [0.1, 0.15) is 5.69 Å². The maximum absolute atomic E-state index is 12.1. The third-order valence-electron chi connectivity index (χ3n) is 2.66. The van der Waals surface area contributed by atoms with E-state index >= 15 is 0 Å². The van der Waals surface area contributed by atoms with E-state index in [2.05, 4.69) is 49.1 Å². The van der Waals surface area contributed by atoms with Gasteiger partial charge in [0.2, 0.25) is 0 Å². The largest absolute Gasteiger partial charge is 0.320 e. The van der Waals surface area contributed by atoms with Crippen LogP contribution >= 0.6 is 31.9 Å². The molecular formula is C14H12Br2N2O. The first-order valence-electron chi connectivity index (χ1n) is 5.81. The molecule has 0 bridgehead atoms. The number of hydrogen-bond donors (Lipinski definition) is 1. The molecule has 1 amide bonds. The van der Waals surface area contributed by atoms with Crippen molar-refractivity contribution in [2.24, 2.45) is 0 Å². The van der Waals surface area contributed by atoms with Crippen molar-refractivity contribution >= 4 is 43.5 Å². The Morgan fingerprint density at radius 3 is 2.58 bits per heavy atom. The van der Waals surface area contributed by atoms with Crippen molar-refractivity contribution in [2.75, 3.05) is 5.32 Å². The van der Waals surface area contributed by atoms with Crippen LogP contribution in [0.1, 0.15) is 23.0 Å². The van der Waals surface area contributed by atoms with Gasteiger partial charge in [0, 0.05) is 20.8 Å². The van der Waals surface area contributed by atoms with Crippen LogP contribution in [0.4, 0.5) is 5.69 Å². The molecule has 98 valence electrons. The van der Waals surface area contributed by atoms with Crippen LogP contribution in [0.5, 0.6) is 0 Å². The highest BCUT2D eigenvalue weighted by molar-refractivity contribution is 9.10. The normalized spacial score (nSPS) is 10.3. The molecule has 0 spiro atoms. The molecule has 0 saturated carbocycles. The van der Waals surface area contributed by atoms with Crippen LogP contribution < -0.4 is 5.32 Å². The minimum absolute atomic E-state index is 0.204. The zero-order valence-electron chi connectivity index (χ0n) is 10.3. The molecule has 5 heteroatoms. The number of aryl methyl sites for hydroxylation is 1. The Kier molecular flexibility index (Phi) is 4.71. The number of carbonyl (C=O) groups is 1. The number of halogens is 2. The van der Waals surface area contributed by atoms with Crippen LogP contribution in [-0.2, 0) is 6.42 Å². The van der Waals surface area contributed by atoms with Crippen molar-refractivity contribution in [3.8, 4) is 0 Å². The van der Waals surface area contributed by atoms with Crippen molar-refractivity contribution in [3.63, 3.8) is 0 Å². The number of hydrogen-bond acceptors (Lipinski definition) is 2. The number of aromatic nitrogens is 1. The number of nitrogens with one attached hydrogen (secondary N) is 1. The predicted molar refractivity (Wildman–Crippen MR) is 83.4 cm³/mol. The van der Waals surface area contributed by atoms with Crippen LogP contribution in [0.25, 0.3) is 0 Å². The van der Waals surface area contributed by atoms with Crippen molar-refractivity contribution in [1.82, 2.24) is 4.98 Å². The van der Waals surface area contributed by atoms with Gasteiger partial charge >= 0.3 is 0 Å². The topological polar surface area (TPSA) is 42.0 Å². The standard InChI is InChI=1S/C14H12Br2N2O/c1-2-9-7-10(15)3-5-12(9)18-14(19)13-6-4-11(16)8-17-13/h3-8H,2H2,1H3,(H,18,19). The van der Waals surface area contributed by atoms with Gasteiger partial charge in [0.05, 0.1) is 0 Å². The molecule has 0 aliphatic rings. The molecule has 0 aliphatic heterocycles. The highest BCUT2D eigenvalue weighted by Crippen LogP contribution is 2.22. The molecule has 0 aliphatic carbocycles. The molecule has 0 saturated heterocycles. The monoisotopic (exact) mass is 382 g/mol. The Morgan fingerprint density at radius 2 is 1.95 bits per heavy atom. The Labute approximate surface area is 128 Å². The molecule has 0 unspecified atom stereocenters. The second-order valence-corrected chi connectivity index (χ2v) is 5.80. The lowest BCUT2D eigenvalue weighted by Crippen LogP contribution is -2.14. The first-order valence-corrected chi connectivity index (χ1v) is 7.40. The second-order valence-electron chi connectivity index (χ2n) is 3.97. The molecule has 1 N–H and O–H groups in total. The van der Waals surface area contributed by atoms with Crippen molar-refractivity contribution in [3.05, 3.63) is 56.7 Å². The van der Waals surface area contributed by atoms with Gasteiger partial charge in [-0.25, -0.2) is 4.98 Å². The lowest BCUT2D eigenvalue weighted by atomic mass is 10.1. The summed E-state index contributed by atoms with van der Waals surface area (Å²) in [4.78, 5) is 16.2. The summed E-state index contributed by atoms with van der Waals surface area (Å²) < 4.78 is 1.85. The third kappa shape index (κ3) is 3.64. The summed E-state index contributed by atoms with van der Waals surface area (Å²) in [5.41, 5.74) is 2.30. The molecule has 2 aromatic rings. The molecule has 0 radical (unpaired) electrons. The maximum atomic E-state index is 12.1. The van der Waals surface area contributed by atoms with E-state index in [1.807, 2.05) is 18.2 Å². The molecule has 3 nitrogen and oxygen atoms in total. The van der Waals surface area contributed by atoms with E-state index in [-0.39, 0.29) is 5.91 Å². The van der Waals surface area contributed by atoms with Crippen molar-refractivity contribution in [2.45, 2.75) is 13.3 Å². The first kappa shape index (κ1) is 14.2. The summed E-state index contributed by atoms with van der Waals surface area (Å²) in [5, 5.41) is 2.89. The first-order chi connectivity index (χ1) is 9.10. The van der Waals surface area contributed by atoms with Gasteiger partial charge in [-0.2, -0.15) is 0 Å². The van der Waals surface area contributed by atoms with E-state index in [4.69, 9.17) is 0 Å². The fraction of sp³-hybridized carbons (Fsp3) is 0.143. The number of carbonyl (C=O) groups excluding carboxylic acids is 1. The second kappa shape index (κ2) is 6.30. The van der Waals surface area contributed by atoms with Gasteiger partial charge < -0.3 is 5.32 Å². The average Bonchev–Trinajstić information content (AvgIpc) is 2.41. The van der Waals surface area contributed by atoms with Crippen LogP contribution in [-0.4, -0.2) is 10.9 Å². The smallest absolute Gasteiger partial charge is 0.274 e. The molecule has 1 aromatic heterocycles. The number of pyridine rings is 1. The van der Waals surface area contributed by atoms with E-state index in [9.17, 15) is 4.79 Å². The van der Waals surface area contributed by atoms with Gasteiger partial charge in [-0.1, -0.05) is 22.9 Å². The van der Waals surface area contributed by atoms with E-state index in [0.29, 0.717) is 5.69 Å². The number of nitrogens with zero attached hydrogens (tertiary/aromatic N) is 1. The van der Waals surface area contributed by atoms with Gasteiger partial charge in [0.25, 0.3) is 5.91 Å². The van der Waals surface area contributed by atoms with E-state index < -0.39 is 0 Å². The van der Waals surface area contributed by atoms with Crippen LogP contribution in [0.15, 0.2) is 45.5 Å². The Balaban J connectivity index is 2.21. The molecular weight excluding hydrogens is 372 g/mol. The Bertz CT molecular complexity index is 597. The minimum atomic E-state index is -0.204. The van der Waals surface area contributed by atoms with E-state index in [1.54, 1.807) is 18.3 Å². The summed E-state index contributed by atoms with van der Waals surface area (Å²) in [6, 6.07) is 9.28. The molecule has 1 heterocycles. The highest BCUT2D eigenvalue weighted by Gasteiger charge is 2.09. The van der Waals surface area contributed by atoms with Gasteiger partial charge in [-0.05, 0) is 58.2 Å². The van der Waals surface area contributed by atoms with Gasteiger partial charge in [-0.3, -0.25) is 4.79 Å². The molecule has 19 heavy (non-hydrogen) atoms. The summed E-state index contributed by atoms with van der Waals surface area (Å²) in [6.45, 7) is 2.05. The zero-order chi connectivity index (χ0) is 13.8.